The zero-order valence-corrected chi connectivity index (χ0v) is 11.3. The Morgan fingerprint density at radius 3 is 2.55 bits per heavy atom. The summed E-state index contributed by atoms with van der Waals surface area (Å²) in [5, 5.41) is 7.33. The normalized spacial score (nSPS) is 11.6. The van der Waals surface area contributed by atoms with Crippen LogP contribution in [0.3, 0.4) is 0 Å². The van der Waals surface area contributed by atoms with Gasteiger partial charge in [0.15, 0.2) is 11.6 Å². The van der Waals surface area contributed by atoms with Gasteiger partial charge in [0, 0.05) is 17.8 Å². The Hall–Kier alpha value is -2.18. The molecule has 1 aromatic carbocycles. The summed E-state index contributed by atoms with van der Waals surface area (Å²) in [5.41, 5.74) is 0.123. The Kier molecular flexibility index (Phi) is 5.89. The molecule has 5 nitrogen and oxygen atoms in total. The highest BCUT2D eigenvalue weighted by Gasteiger charge is 2.09. The van der Waals surface area contributed by atoms with Crippen LogP contribution in [0.4, 0.5) is 19.3 Å². The Morgan fingerprint density at radius 1 is 1.25 bits per heavy atom. The Bertz CT molecular complexity index is 495. The van der Waals surface area contributed by atoms with Crippen LogP contribution in [0.2, 0.25) is 0 Å². The molecule has 1 rings (SSSR count). The van der Waals surface area contributed by atoms with E-state index >= 15 is 0 Å². The smallest absolute Gasteiger partial charge is 0.315 e. The number of benzene rings is 1. The summed E-state index contributed by atoms with van der Waals surface area (Å²) in [6.45, 7) is 3.49. The fourth-order valence-corrected chi connectivity index (χ4v) is 1.32. The third kappa shape index (κ3) is 5.21. The lowest BCUT2D eigenvalue weighted by Crippen LogP contribution is -2.43. The molecule has 0 radical (unpaired) electrons. The van der Waals surface area contributed by atoms with Gasteiger partial charge in [0.05, 0.1) is 6.54 Å². The van der Waals surface area contributed by atoms with Gasteiger partial charge in [-0.2, -0.15) is 0 Å². The number of hydrogen-bond acceptors (Lipinski definition) is 2. The number of carbonyl (C=O) groups is 2. The molecule has 0 saturated heterocycles. The minimum absolute atomic E-state index is 0.00394. The summed E-state index contributed by atoms with van der Waals surface area (Å²) in [5.74, 6) is -2.57. The van der Waals surface area contributed by atoms with Crippen molar-refractivity contribution >= 4 is 17.6 Å². The highest BCUT2D eigenvalue weighted by molar-refractivity contribution is 5.94. The number of halogens is 2. The van der Waals surface area contributed by atoms with E-state index in [2.05, 4.69) is 16.0 Å². The molecule has 110 valence electrons. The summed E-state index contributed by atoms with van der Waals surface area (Å²) < 4.78 is 25.6. The second kappa shape index (κ2) is 7.42. The van der Waals surface area contributed by atoms with E-state index in [1.165, 1.54) is 6.07 Å². The van der Waals surface area contributed by atoms with Crippen LogP contribution in [0.5, 0.6) is 0 Å². The Balaban J connectivity index is 2.40. The van der Waals surface area contributed by atoms with Crippen molar-refractivity contribution < 1.29 is 18.4 Å². The average Bonchev–Trinajstić information content (AvgIpc) is 2.40. The first-order chi connectivity index (χ1) is 9.42. The van der Waals surface area contributed by atoms with Crippen molar-refractivity contribution in [1.82, 2.24) is 10.6 Å². The van der Waals surface area contributed by atoms with Gasteiger partial charge in [0.2, 0.25) is 5.91 Å². The first-order valence-corrected chi connectivity index (χ1v) is 6.21. The average molecular weight is 285 g/mol. The lowest BCUT2D eigenvalue weighted by Gasteiger charge is -2.12. The number of amides is 3. The largest absolute Gasteiger partial charge is 0.336 e. The van der Waals surface area contributed by atoms with Gasteiger partial charge < -0.3 is 16.0 Å². The standard InChI is InChI=1S/C13H17F2N3O2/c1-3-8(2)17-13(20)16-7-12(19)18-9-4-5-10(14)11(15)6-9/h4-6,8H,3,7H2,1-2H3,(H,18,19)(H2,16,17,20)/t8-/m0/s1. The summed E-state index contributed by atoms with van der Waals surface area (Å²) >= 11 is 0. The van der Waals surface area contributed by atoms with Gasteiger partial charge in [0.25, 0.3) is 0 Å². The van der Waals surface area contributed by atoms with Gasteiger partial charge in [-0.15, -0.1) is 0 Å². The van der Waals surface area contributed by atoms with Crippen molar-refractivity contribution in [3.05, 3.63) is 29.8 Å². The van der Waals surface area contributed by atoms with E-state index in [1.807, 2.05) is 13.8 Å². The van der Waals surface area contributed by atoms with Crippen LogP contribution in [0.25, 0.3) is 0 Å². The number of rotatable bonds is 5. The Morgan fingerprint density at radius 2 is 1.95 bits per heavy atom. The maximum atomic E-state index is 12.9. The number of nitrogens with one attached hydrogen (secondary N) is 3. The predicted octanol–water partition coefficient (Wildman–Crippen LogP) is 2.00. The van der Waals surface area contributed by atoms with Gasteiger partial charge in [-0.25, -0.2) is 13.6 Å². The first-order valence-electron chi connectivity index (χ1n) is 6.21. The van der Waals surface area contributed by atoms with Crippen LogP contribution in [-0.4, -0.2) is 24.5 Å². The molecular formula is C13H17F2N3O2. The van der Waals surface area contributed by atoms with Crippen LogP contribution in [0, 0.1) is 11.6 Å². The summed E-state index contributed by atoms with van der Waals surface area (Å²) in [4.78, 5) is 22.9. The molecule has 3 N–H and O–H groups in total. The van der Waals surface area contributed by atoms with Gasteiger partial charge >= 0.3 is 6.03 Å². The molecule has 0 spiro atoms. The van der Waals surface area contributed by atoms with Gasteiger partial charge in [-0.05, 0) is 25.5 Å². The highest BCUT2D eigenvalue weighted by Crippen LogP contribution is 2.12. The molecule has 20 heavy (non-hydrogen) atoms. The minimum Gasteiger partial charge on any atom is -0.336 e. The predicted molar refractivity (Wildman–Crippen MR) is 71.3 cm³/mol. The first kappa shape index (κ1) is 15.9. The molecule has 0 unspecified atom stereocenters. The molecule has 0 aliphatic carbocycles. The van der Waals surface area contributed by atoms with Gasteiger partial charge in [-0.1, -0.05) is 6.92 Å². The lowest BCUT2D eigenvalue weighted by atomic mass is 10.3. The number of carbonyl (C=O) groups excluding carboxylic acids is 2. The van der Waals surface area contributed by atoms with E-state index in [4.69, 9.17) is 0 Å². The van der Waals surface area contributed by atoms with E-state index in [9.17, 15) is 18.4 Å². The van der Waals surface area contributed by atoms with Crippen molar-refractivity contribution in [1.29, 1.82) is 0 Å². The topological polar surface area (TPSA) is 70.2 Å². The van der Waals surface area contributed by atoms with Crippen LogP contribution >= 0.6 is 0 Å². The van der Waals surface area contributed by atoms with Crippen molar-refractivity contribution in [3.8, 4) is 0 Å². The van der Waals surface area contributed by atoms with E-state index in [1.54, 1.807) is 0 Å². The molecule has 7 heteroatoms. The van der Waals surface area contributed by atoms with Crippen molar-refractivity contribution in [3.63, 3.8) is 0 Å². The van der Waals surface area contributed by atoms with Crippen molar-refractivity contribution in [2.24, 2.45) is 0 Å². The van der Waals surface area contributed by atoms with Crippen LogP contribution < -0.4 is 16.0 Å². The fraction of sp³-hybridized carbons (Fsp3) is 0.385. The SMILES string of the molecule is CC[C@H](C)NC(=O)NCC(=O)Nc1ccc(F)c(F)c1. The summed E-state index contributed by atoms with van der Waals surface area (Å²) in [6, 6.07) is 2.56. The van der Waals surface area contributed by atoms with Crippen LogP contribution in [-0.2, 0) is 4.79 Å². The molecule has 0 saturated carbocycles. The van der Waals surface area contributed by atoms with Gasteiger partial charge in [0.1, 0.15) is 0 Å². The zero-order valence-electron chi connectivity index (χ0n) is 11.3. The van der Waals surface area contributed by atoms with Gasteiger partial charge in [-0.3, -0.25) is 4.79 Å². The zero-order chi connectivity index (χ0) is 15.1. The Labute approximate surface area is 115 Å². The molecule has 0 bridgehead atoms. The summed E-state index contributed by atoms with van der Waals surface area (Å²) in [6.07, 6.45) is 0.772. The molecule has 0 heterocycles. The fourth-order valence-electron chi connectivity index (χ4n) is 1.32. The van der Waals surface area contributed by atoms with Crippen LogP contribution in [0.1, 0.15) is 20.3 Å². The van der Waals surface area contributed by atoms with E-state index in [0.717, 1.165) is 18.6 Å². The maximum absolute atomic E-state index is 12.9. The number of anilines is 1. The number of urea groups is 1. The van der Waals surface area contributed by atoms with Crippen molar-refractivity contribution in [2.75, 3.05) is 11.9 Å². The molecular weight excluding hydrogens is 268 g/mol. The molecule has 1 atom stereocenters. The summed E-state index contributed by atoms with van der Waals surface area (Å²) in [7, 11) is 0. The molecule has 0 aliphatic rings. The third-order valence-corrected chi connectivity index (χ3v) is 2.60. The molecule has 0 aliphatic heterocycles. The van der Waals surface area contributed by atoms with Crippen molar-refractivity contribution in [2.45, 2.75) is 26.3 Å². The quantitative estimate of drug-likeness (QED) is 0.774. The van der Waals surface area contributed by atoms with E-state index in [0.29, 0.717) is 0 Å². The highest BCUT2D eigenvalue weighted by atomic mass is 19.2. The van der Waals surface area contributed by atoms with E-state index in [-0.39, 0.29) is 18.3 Å². The number of hydrogen-bond donors (Lipinski definition) is 3. The lowest BCUT2D eigenvalue weighted by molar-refractivity contribution is -0.115. The molecule has 3 amide bonds. The second-order valence-corrected chi connectivity index (χ2v) is 4.31. The molecule has 0 aromatic heterocycles. The molecule has 1 aromatic rings. The second-order valence-electron chi connectivity index (χ2n) is 4.31. The monoisotopic (exact) mass is 285 g/mol. The minimum atomic E-state index is -1.05. The third-order valence-electron chi connectivity index (χ3n) is 2.60. The maximum Gasteiger partial charge on any atom is 0.315 e. The van der Waals surface area contributed by atoms with E-state index < -0.39 is 23.6 Å². The molecule has 0 fully saturated rings. The van der Waals surface area contributed by atoms with Crippen LogP contribution in [0.15, 0.2) is 18.2 Å².